The van der Waals surface area contributed by atoms with Gasteiger partial charge in [0.15, 0.2) is 0 Å². The summed E-state index contributed by atoms with van der Waals surface area (Å²) in [4.78, 5) is 14.4. The second-order valence-electron chi connectivity index (χ2n) is 2.99. The second-order valence-corrected chi connectivity index (χ2v) is 2.99. The van der Waals surface area contributed by atoms with Crippen molar-refractivity contribution in [2.75, 3.05) is 17.6 Å². The third-order valence-electron chi connectivity index (χ3n) is 1.67. The summed E-state index contributed by atoms with van der Waals surface area (Å²) >= 11 is 0. The summed E-state index contributed by atoms with van der Waals surface area (Å²) in [6.45, 7) is -1.25. The molecular formula is C8H9F3N4O. The van der Waals surface area contributed by atoms with Gasteiger partial charge in [-0.05, 0) is 6.07 Å². The first kappa shape index (κ1) is 12.1. The van der Waals surface area contributed by atoms with Crippen LogP contribution < -0.4 is 16.8 Å². The Bertz CT molecular complexity index is 405. The van der Waals surface area contributed by atoms with Crippen molar-refractivity contribution in [2.24, 2.45) is 5.73 Å². The molecule has 1 rings (SSSR count). The van der Waals surface area contributed by atoms with Crippen LogP contribution in [0, 0.1) is 0 Å². The van der Waals surface area contributed by atoms with E-state index in [1.54, 1.807) is 0 Å². The number of amides is 1. The van der Waals surface area contributed by atoms with Crippen LogP contribution in [0.3, 0.4) is 0 Å². The molecule has 1 aromatic heterocycles. The quantitative estimate of drug-likeness (QED) is 0.718. The minimum absolute atomic E-state index is 0.0186. The predicted molar refractivity (Wildman–Crippen MR) is 51.7 cm³/mol. The first-order chi connectivity index (χ1) is 7.29. The number of halogens is 3. The average Bonchev–Trinajstić information content (AvgIpc) is 2.14. The van der Waals surface area contributed by atoms with E-state index in [1.807, 2.05) is 5.32 Å². The molecule has 0 aromatic carbocycles. The van der Waals surface area contributed by atoms with Gasteiger partial charge in [-0.2, -0.15) is 13.2 Å². The maximum Gasteiger partial charge on any atom is 0.405 e. The number of nitrogens with one attached hydrogen (secondary N) is 1. The summed E-state index contributed by atoms with van der Waals surface area (Å²) in [5.74, 6) is -0.935. The van der Waals surface area contributed by atoms with Crippen molar-refractivity contribution in [1.29, 1.82) is 0 Å². The molecule has 8 heteroatoms. The number of primary amides is 1. The number of rotatable bonds is 3. The number of nitrogens with zero attached hydrogens (tertiary/aromatic N) is 1. The first-order valence-electron chi connectivity index (χ1n) is 4.15. The summed E-state index contributed by atoms with van der Waals surface area (Å²) in [5.41, 5.74) is 10.3. The first-order valence-corrected chi connectivity index (χ1v) is 4.15. The molecule has 0 aliphatic rings. The van der Waals surface area contributed by atoms with Crippen molar-refractivity contribution in [3.8, 4) is 0 Å². The molecule has 16 heavy (non-hydrogen) atoms. The Morgan fingerprint density at radius 1 is 1.50 bits per heavy atom. The van der Waals surface area contributed by atoms with Crippen molar-refractivity contribution >= 4 is 17.4 Å². The minimum atomic E-state index is -4.37. The molecule has 5 nitrogen and oxygen atoms in total. The van der Waals surface area contributed by atoms with Gasteiger partial charge in [0.05, 0.1) is 17.4 Å². The van der Waals surface area contributed by atoms with Gasteiger partial charge in [-0.25, -0.2) is 4.98 Å². The molecule has 1 amide bonds. The van der Waals surface area contributed by atoms with Crippen molar-refractivity contribution in [1.82, 2.24) is 4.98 Å². The van der Waals surface area contributed by atoms with Crippen LogP contribution in [0.25, 0.3) is 0 Å². The zero-order chi connectivity index (χ0) is 12.3. The van der Waals surface area contributed by atoms with E-state index in [2.05, 4.69) is 4.98 Å². The Morgan fingerprint density at radius 3 is 2.62 bits per heavy atom. The van der Waals surface area contributed by atoms with Crippen LogP contribution in [-0.4, -0.2) is 23.6 Å². The fourth-order valence-corrected chi connectivity index (χ4v) is 0.967. The van der Waals surface area contributed by atoms with E-state index >= 15 is 0 Å². The van der Waals surface area contributed by atoms with Crippen LogP contribution in [0.1, 0.15) is 10.4 Å². The Balaban J connectivity index is 2.83. The smallest absolute Gasteiger partial charge is 0.397 e. The van der Waals surface area contributed by atoms with Crippen molar-refractivity contribution < 1.29 is 18.0 Å². The van der Waals surface area contributed by atoms with E-state index in [0.717, 1.165) is 12.3 Å². The van der Waals surface area contributed by atoms with Gasteiger partial charge >= 0.3 is 6.18 Å². The predicted octanol–water partition coefficient (Wildman–Crippen LogP) is 0.737. The zero-order valence-corrected chi connectivity index (χ0v) is 8.01. The Morgan fingerprint density at radius 2 is 2.12 bits per heavy atom. The number of hydrogen-bond acceptors (Lipinski definition) is 4. The minimum Gasteiger partial charge on any atom is -0.397 e. The van der Waals surface area contributed by atoms with Gasteiger partial charge in [-0.1, -0.05) is 0 Å². The maximum absolute atomic E-state index is 11.9. The van der Waals surface area contributed by atoms with Crippen LogP contribution in [-0.2, 0) is 0 Å². The average molecular weight is 234 g/mol. The summed E-state index contributed by atoms with van der Waals surface area (Å²) in [7, 11) is 0. The van der Waals surface area contributed by atoms with Gasteiger partial charge in [0, 0.05) is 0 Å². The van der Waals surface area contributed by atoms with E-state index in [0.29, 0.717) is 0 Å². The normalized spacial score (nSPS) is 11.2. The topological polar surface area (TPSA) is 94.0 Å². The van der Waals surface area contributed by atoms with Gasteiger partial charge in [0.2, 0.25) is 0 Å². The number of carbonyl (C=O) groups excluding carboxylic acids is 1. The highest BCUT2D eigenvalue weighted by Crippen LogP contribution is 2.18. The lowest BCUT2D eigenvalue weighted by Crippen LogP contribution is -2.22. The fraction of sp³-hybridized carbons (Fsp3) is 0.250. The van der Waals surface area contributed by atoms with E-state index in [4.69, 9.17) is 11.5 Å². The largest absolute Gasteiger partial charge is 0.405 e. The van der Waals surface area contributed by atoms with Gasteiger partial charge in [-0.3, -0.25) is 4.79 Å². The lowest BCUT2D eigenvalue weighted by Gasteiger charge is -2.10. The lowest BCUT2D eigenvalue weighted by molar-refractivity contribution is -0.115. The molecule has 0 atom stereocenters. The molecule has 1 aromatic rings. The third kappa shape index (κ3) is 3.30. The SMILES string of the molecule is NC(=O)c1cc(NCC(F)(F)F)ncc1N. The van der Waals surface area contributed by atoms with Crippen LogP contribution in [0.5, 0.6) is 0 Å². The lowest BCUT2D eigenvalue weighted by atomic mass is 10.2. The van der Waals surface area contributed by atoms with E-state index < -0.39 is 18.6 Å². The Labute approximate surface area is 88.6 Å². The fourth-order valence-electron chi connectivity index (χ4n) is 0.967. The van der Waals surface area contributed by atoms with Crippen molar-refractivity contribution in [2.45, 2.75) is 6.18 Å². The Kier molecular flexibility index (Phi) is 3.21. The molecular weight excluding hydrogens is 225 g/mol. The van der Waals surface area contributed by atoms with E-state index in [1.165, 1.54) is 0 Å². The molecule has 0 aliphatic heterocycles. The third-order valence-corrected chi connectivity index (χ3v) is 1.67. The second kappa shape index (κ2) is 4.25. The highest BCUT2D eigenvalue weighted by Gasteiger charge is 2.26. The van der Waals surface area contributed by atoms with Gasteiger partial charge in [0.25, 0.3) is 5.91 Å². The number of nitrogen functional groups attached to an aromatic ring is 1. The molecule has 0 bridgehead atoms. The number of pyridine rings is 1. The van der Waals surface area contributed by atoms with Gasteiger partial charge in [0.1, 0.15) is 12.4 Å². The van der Waals surface area contributed by atoms with Crippen LogP contribution in [0.4, 0.5) is 24.7 Å². The van der Waals surface area contributed by atoms with Crippen LogP contribution >= 0.6 is 0 Å². The zero-order valence-electron chi connectivity index (χ0n) is 8.01. The number of carbonyl (C=O) groups is 1. The molecule has 0 spiro atoms. The summed E-state index contributed by atoms with van der Waals surface area (Å²) in [5, 5.41) is 2.01. The molecule has 1 heterocycles. The molecule has 0 saturated heterocycles. The highest BCUT2D eigenvalue weighted by atomic mass is 19.4. The molecule has 0 fully saturated rings. The number of hydrogen-bond donors (Lipinski definition) is 3. The molecule has 88 valence electrons. The van der Waals surface area contributed by atoms with Crippen molar-refractivity contribution in [3.05, 3.63) is 17.8 Å². The van der Waals surface area contributed by atoms with Gasteiger partial charge in [-0.15, -0.1) is 0 Å². The molecule has 0 aliphatic carbocycles. The van der Waals surface area contributed by atoms with Crippen LogP contribution in [0.2, 0.25) is 0 Å². The standard InChI is InChI=1S/C8H9F3N4O/c9-8(10,11)3-15-6-1-4(7(13)16)5(12)2-14-6/h1-2H,3,12H2,(H2,13,16)(H,14,15). The van der Waals surface area contributed by atoms with Gasteiger partial charge < -0.3 is 16.8 Å². The molecule has 5 N–H and O–H groups in total. The summed E-state index contributed by atoms with van der Waals surface area (Å²) < 4.78 is 35.6. The molecule has 0 saturated carbocycles. The number of anilines is 2. The Hall–Kier alpha value is -1.99. The molecule has 0 unspecified atom stereocenters. The van der Waals surface area contributed by atoms with Crippen LogP contribution in [0.15, 0.2) is 12.3 Å². The maximum atomic E-state index is 11.9. The monoisotopic (exact) mass is 234 g/mol. The summed E-state index contributed by atoms with van der Waals surface area (Å²) in [6.07, 6.45) is -3.30. The number of aromatic nitrogens is 1. The van der Waals surface area contributed by atoms with E-state index in [9.17, 15) is 18.0 Å². The number of alkyl halides is 3. The number of nitrogens with two attached hydrogens (primary N) is 2. The molecule has 0 radical (unpaired) electrons. The van der Waals surface area contributed by atoms with Crippen molar-refractivity contribution in [3.63, 3.8) is 0 Å². The summed E-state index contributed by atoms with van der Waals surface area (Å²) in [6, 6.07) is 1.07. The highest BCUT2D eigenvalue weighted by molar-refractivity contribution is 5.98. The van der Waals surface area contributed by atoms with E-state index in [-0.39, 0.29) is 17.1 Å².